The highest BCUT2D eigenvalue weighted by Gasteiger charge is 2.24. The molecule has 0 aliphatic carbocycles. The van der Waals surface area contributed by atoms with Gasteiger partial charge in [0.05, 0.1) is 7.11 Å². The van der Waals surface area contributed by atoms with Gasteiger partial charge < -0.3 is 14.8 Å². The number of alkyl halides is 1. The summed E-state index contributed by atoms with van der Waals surface area (Å²) in [6, 6.07) is -0.722. The molecule has 1 N–H and O–H groups in total. The molecular weight excluding hydrogens is 270 g/mol. The van der Waals surface area contributed by atoms with Crippen LogP contribution in [0.25, 0.3) is 0 Å². The molecule has 0 aromatic rings. The highest BCUT2D eigenvalue weighted by Crippen LogP contribution is 2.08. The molecule has 0 saturated heterocycles. The Morgan fingerprint density at radius 3 is 2.42 bits per heavy atom. The van der Waals surface area contributed by atoms with Gasteiger partial charge in [0.2, 0.25) is 0 Å². The summed E-state index contributed by atoms with van der Waals surface area (Å²) in [6.45, 7) is 5.26. The van der Waals surface area contributed by atoms with Crippen molar-refractivity contribution in [3.63, 3.8) is 0 Å². The number of carbonyl (C=O) groups is 2. The molecule has 0 aromatic heterocycles. The minimum absolute atomic E-state index is 0.419. The van der Waals surface area contributed by atoms with Crippen LogP contribution in [-0.2, 0) is 14.3 Å². The van der Waals surface area contributed by atoms with E-state index in [9.17, 15) is 9.59 Å². The number of hydrogen-bond acceptors (Lipinski definition) is 4. The topological polar surface area (TPSA) is 64.6 Å². The van der Waals surface area contributed by atoms with E-state index in [1.807, 2.05) is 6.08 Å². The highest BCUT2D eigenvalue weighted by atomic mass is 35.5. The molecule has 0 aliphatic heterocycles. The first-order valence-electron chi connectivity index (χ1n) is 6.08. The zero-order chi connectivity index (χ0) is 14.9. The molecule has 1 amide bonds. The van der Waals surface area contributed by atoms with Crippen molar-refractivity contribution >= 4 is 23.7 Å². The molecule has 0 heterocycles. The number of rotatable bonds is 6. The molecule has 0 saturated carbocycles. The number of amides is 1. The van der Waals surface area contributed by atoms with Crippen LogP contribution in [0, 0.1) is 0 Å². The summed E-state index contributed by atoms with van der Waals surface area (Å²) in [5.41, 5.74) is -0.608. The number of halogens is 1. The fourth-order valence-corrected chi connectivity index (χ4v) is 1.41. The van der Waals surface area contributed by atoms with Crippen LogP contribution in [0.15, 0.2) is 12.2 Å². The van der Waals surface area contributed by atoms with Gasteiger partial charge in [-0.1, -0.05) is 12.2 Å². The lowest BCUT2D eigenvalue weighted by Crippen LogP contribution is -2.43. The number of ether oxygens (including phenoxy) is 2. The van der Waals surface area contributed by atoms with E-state index < -0.39 is 23.7 Å². The quantitative estimate of drug-likeness (QED) is 0.464. The van der Waals surface area contributed by atoms with Crippen LogP contribution in [0.1, 0.15) is 33.6 Å². The maximum absolute atomic E-state index is 11.6. The van der Waals surface area contributed by atoms with E-state index in [0.29, 0.717) is 18.7 Å². The lowest BCUT2D eigenvalue weighted by atomic mass is 10.1. The SMILES string of the molecule is COC(=O)[C@H](CC/C=C/CCl)NC(=O)OC(C)(C)C. The van der Waals surface area contributed by atoms with Crippen molar-refractivity contribution in [2.45, 2.75) is 45.3 Å². The third kappa shape index (κ3) is 9.36. The molecule has 0 rings (SSSR count). The molecule has 1 atom stereocenters. The first-order chi connectivity index (χ1) is 8.80. The molecule has 0 unspecified atom stereocenters. The first kappa shape index (κ1) is 17.8. The molecule has 6 heteroatoms. The average Bonchev–Trinajstić information content (AvgIpc) is 2.29. The molecule has 0 fully saturated rings. The lowest BCUT2D eigenvalue weighted by molar-refractivity contribution is -0.143. The van der Waals surface area contributed by atoms with E-state index in [4.69, 9.17) is 16.3 Å². The molecule has 0 aromatic carbocycles. The van der Waals surface area contributed by atoms with Crippen molar-refractivity contribution in [3.05, 3.63) is 12.2 Å². The van der Waals surface area contributed by atoms with Gasteiger partial charge in [-0.25, -0.2) is 9.59 Å². The molecule has 0 spiro atoms. The van der Waals surface area contributed by atoms with E-state index in [2.05, 4.69) is 10.1 Å². The van der Waals surface area contributed by atoms with E-state index >= 15 is 0 Å². The Labute approximate surface area is 119 Å². The van der Waals surface area contributed by atoms with Crippen LogP contribution >= 0.6 is 11.6 Å². The number of carbonyl (C=O) groups excluding carboxylic acids is 2. The molecule has 0 radical (unpaired) electrons. The van der Waals surface area contributed by atoms with Crippen molar-refractivity contribution in [1.29, 1.82) is 0 Å². The first-order valence-corrected chi connectivity index (χ1v) is 6.62. The summed E-state index contributed by atoms with van der Waals surface area (Å²) in [7, 11) is 1.28. The van der Waals surface area contributed by atoms with E-state index in [1.165, 1.54) is 7.11 Å². The average molecular weight is 292 g/mol. The van der Waals surface area contributed by atoms with Gasteiger partial charge in [0.1, 0.15) is 11.6 Å². The standard InChI is InChI=1S/C13H22ClNO4/c1-13(2,3)19-12(17)15-10(11(16)18-4)8-6-5-7-9-14/h5,7,10H,6,8-9H2,1-4H3,(H,15,17)/b7-5+/t10-/m0/s1. The van der Waals surface area contributed by atoms with Crippen LogP contribution in [0.3, 0.4) is 0 Å². The number of methoxy groups -OCH3 is 1. The predicted octanol–water partition coefficient (Wildman–Crippen LogP) is 2.63. The van der Waals surface area contributed by atoms with Crippen LogP contribution in [0.4, 0.5) is 4.79 Å². The largest absolute Gasteiger partial charge is 0.467 e. The van der Waals surface area contributed by atoms with Gasteiger partial charge >= 0.3 is 12.1 Å². The number of hydrogen-bond donors (Lipinski definition) is 1. The summed E-state index contributed by atoms with van der Waals surface area (Å²) in [5, 5.41) is 2.50. The Hall–Kier alpha value is -1.23. The van der Waals surface area contributed by atoms with Crippen LogP contribution in [-0.4, -0.2) is 36.7 Å². The number of esters is 1. The Kier molecular flexibility index (Phi) is 8.23. The second-order valence-electron chi connectivity index (χ2n) is 4.93. The van der Waals surface area contributed by atoms with Crippen LogP contribution < -0.4 is 5.32 Å². The number of nitrogens with one attached hydrogen (secondary N) is 1. The molecule has 19 heavy (non-hydrogen) atoms. The number of allylic oxidation sites excluding steroid dienone is 2. The fourth-order valence-electron chi connectivity index (χ4n) is 1.28. The van der Waals surface area contributed by atoms with Crippen molar-refractivity contribution in [3.8, 4) is 0 Å². The summed E-state index contributed by atoms with van der Waals surface area (Å²) >= 11 is 5.50. The van der Waals surface area contributed by atoms with E-state index in [1.54, 1.807) is 26.8 Å². The fraction of sp³-hybridized carbons (Fsp3) is 0.692. The minimum Gasteiger partial charge on any atom is -0.467 e. The monoisotopic (exact) mass is 291 g/mol. The van der Waals surface area contributed by atoms with Gasteiger partial charge in [0.15, 0.2) is 0 Å². The third-order valence-corrected chi connectivity index (χ3v) is 2.23. The Morgan fingerprint density at radius 1 is 1.32 bits per heavy atom. The molecule has 0 aliphatic rings. The predicted molar refractivity (Wildman–Crippen MR) is 74.3 cm³/mol. The molecular formula is C13H22ClNO4. The Bertz CT molecular complexity index is 323. The zero-order valence-corrected chi connectivity index (χ0v) is 12.6. The maximum atomic E-state index is 11.6. The van der Waals surface area contributed by atoms with Gasteiger partial charge in [-0.15, -0.1) is 11.6 Å². The third-order valence-electron chi connectivity index (χ3n) is 2.05. The van der Waals surface area contributed by atoms with Crippen LogP contribution in [0.5, 0.6) is 0 Å². The maximum Gasteiger partial charge on any atom is 0.408 e. The number of alkyl carbamates (subject to hydrolysis) is 1. The molecule has 5 nitrogen and oxygen atoms in total. The van der Waals surface area contributed by atoms with Gasteiger partial charge in [-0.3, -0.25) is 0 Å². The van der Waals surface area contributed by atoms with Gasteiger partial charge in [0.25, 0.3) is 0 Å². The van der Waals surface area contributed by atoms with Crippen molar-refractivity contribution in [2.24, 2.45) is 0 Å². The summed E-state index contributed by atoms with van der Waals surface area (Å²) in [5.74, 6) is -0.0762. The minimum atomic E-state index is -0.722. The van der Waals surface area contributed by atoms with Gasteiger partial charge in [-0.05, 0) is 33.6 Å². The van der Waals surface area contributed by atoms with E-state index in [-0.39, 0.29) is 0 Å². The molecule has 110 valence electrons. The Balaban J connectivity index is 4.39. The summed E-state index contributed by atoms with van der Waals surface area (Å²) in [4.78, 5) is 23.1. The smallest absolute Gasteiger partial charge is 0.408 e. The summed E-state index contributed by atoms with van der Waals surface area (Å²) < 4.78 is 9.73. The van der Waals surface area contributed by atoms with E-state index in [0.717, 1.165) is 0 Å². The van der Waals surface area contributed by atoms with Crippen LogP contribution in [0.2, 0.25) is 0 Å². The Morgan fingerprint density at radius 2 is 1.95 bits per heavy atom. The zero-order valence-electron chi connectivity index (χ0n) is 11.9. The lowest BCUT2D eigenvalue weighted by Gasteiger charge is -2.22. The van der Waals surface area contributed by atoms with Gasteiger partial charge in [0, 0.05) is 5.88 Å². The second kappa shape index (κ2) is 8.80. The van der Waals surface area contributed by atoms with Gasteiger partial charge in [-0.2, -0.15) is 0 Å². The van der Waals surface area contributed by atoms with Crippen molar-refractivity contribution in [2.75, 3.05) is 13.0 Å². The van der Waals surface area contributed by atoms with Crippen molar-refractivity contribution < 1.29 is 19.1 Å². The summed E-state index contributed by atoms with van der Waals surface area (Å²) in [6.07, 6.45) is 4.04. The van der Waals surface area contributed by atoms with Crippen molar-refractivity contribution in [1.82, 2.24) is 5.32 Å². The normalized spacial score (nSPS) is 13.1. The second-order valence-corrected chi connectivity index (χ2v) is 5.23. The highest BCUT2D eigenvalue weighted by molar-refractivity contribution is 6.18. The molecule has 0 bridgehead atoms.